The lowest BCUT2D eigenvalue weighted by Gasteiger charge is -2.16. The third kappa shape index (κ3) is 2.77. The van der Waals surface area contributed by atoms with E-state index in [4.69, 9.17) is 12.2 Å². The van der Waals surface area contributed by atoms with E-state index in [9.17, 15) is 8.78 Å². The van der Waals surface area contributed by atoms with Crippen LogP contribution in [0.15, 0.2) is 36.8 Å². The van der Waals surface area contributed by atoms with Gasteiger partial charge < -0.3 is 0 Å². The van der Waals surface area contributed by atoms with E-state index in [1.165, 1.54) is 12.4 Å². The van der Waals surface area contributed by atoms with Crippen LogP contribution < -0.4 is 0 Å². The van der Waals surface area contributed by atoms with Crippen molar-refractivity contribution >= 4 is 17.9 Å². The summed E-state index contributed by atoms with van der Waals surface area (Å²) in [5.41, 5.74) is 0.745. The van der Waals surface area contributed by atoms with Crippen LogP contribution in [0.25, 0.3) is 5.65 Å². The van der Waals surface area contributed by atoms with Crippen LogP contribution in [0.5, 0.6) is 0 Å². The smallest absolute Gasteiger partial charge is 0.280 e. The number of nitrogens with zero attached hydrogens (tertiary/aromatic N) is 6. The Morgan fingerprint density at radius 1 is 1.32 bits per heavy atom. The largest absolute Gasteiger partial charge is 0.319 e. The molecule has 0 fully saturated rings. The van der Waals surface area contributed by atoms with Crippen LogP contribution in [0, 0.1) is 4.77 Å². The summed E-state index contributed by atoms with van der Waals surface area (Å²) in [5.74, 6) is 0.299. The molecule has 0 bridgehead atoms. The topological polar surface area (TPSA) is 43.3 Å². The second kappa shape index (κ2) is 5.93. The van der Waals surface area contributed by atoms with E-state index in [1.54, 1.807) is 16.1 Å². The summed E-state index contributed by atoms with van der Waals surface area (Å²) in [7, 11) is 1.80. The Morgan fingerprint density at radius 2 is 2.14 bits per heavy atom. The van der Waals surface area contributed by atoms with Crippen molar-refractivity contribution in [3.05, 3.63) is 47.4 Å². The number of fused-ring (bicyclic) bond motifs is 1. The van der Waals surface area contributed by atoms with E-state index in [1.807, 2.05) is 29.3 Å². The molecule has 0 amide bonds. The average molecular weight is 324 g/mol. The maximum absolute atomic E-state index is 12.8. The van der Waals surface area contributed by atoms with E-state index < -0.39 is 6.55 Å². The molecular weight excluding hydrogens is 310 g/mol. The first-order valence-electron chi connectivity index (χ1n) is 6.59. The van der Waals surface area contributed by atoms with Gasteiger partial charge in [-0.3, -0.25) is 13.9 Å². The Bertz CT molecular complexity index is 836. The Kier molecular flexibility index (Phi) is 3.99. The van der Waals surface area contributed by atoms with Gasteiger partial charge in [-0.2, -0.15) is 13.9 Å². The maximum Gasteiger partial charge on any atom is 0.319 e. The standard InChI is InChI=1S/C13H14F2N6S/c1-18(8-11-16-5-7-19(11)12(14)15)9-21-13(22)20-6-3-2-4-10(20)17-21/h2-7,12H,8-9H2,1H3. The average Bonchev–Trinajstić information content (AvgIpc) is 3.05. The highest BCUT2D eigenvalue weighted by Crippen LogP contribution is 2.14. The molecule has 116 valence electrons. The minimum absolute atomic E-state index is 0.271. The summed E-state index contributed by atoms with van der Waals surface area (Å²) in [6.45, 7) is -1.94. The molecule has 3 heterocycles. The second-order valence-electron chi connectivity index (χ2n) is 4.89. The summed E-state index contributed by atoms with van der Waals surface area (Å²) in [6, 6.07) is 5.61. The third-order valence-electron chi connectivity index (χ3n) is 3.23. The minimum atomic E-state index is -2.59. The molecule has 22 heavy (non-hydrogen) atoms. The Balaban J connectivity index is 1.78. The molecule has 0 N–H and O–H groups in total. The van der Waals surface area contributed by atoms with Crippen molar-refractivity contribution in [1.29, 1.82) is 0 Å². The first kappa shape index (κ1) is 14.8. The number of hydrogen-bond donors (Lipinski definition) is 0. The molecule has 0 spiro atoms. The van der Waals surface area contributed by atoms with E-state index in [0.717, 1.165) is 10.2 Å². The van der Waals surface area contributed by atoms with Crippen LogP contribution >= 0.6 is 12.2 Å². The van der Waals surface area contributed by atoms with Crippen LogP contribution in [0.2, 0.25) is 0 Å². The SMILES string of the molecule is CN(Cc1nccn1C(F)F)Cn1nc2ccccn2c1=S. The van der Waals surface area contributed by atoms with E-state index in [-0.39, 0.29) is 6.54 Å². The van der Waals surface area contributed by atoms with Gasteiger partial charge in [-0.05, 0) is 31.4 Å². The summed E-state index contributed by atoms with van der Waals surface area (Å²) in [5, 5.41) is 4.40. The van der Waals surface area contributed by atoms with Gasteiger partial charge in [-0.15, -0.1) is 0 Å². The molecule has 0 aromatic carbocycles. The Labute approximate surface area is 130 Å². The Hall–Kier alpha value is -2.13. The van der Waals surface area contributed by atoms with Crippen molar-refractivity contribution < 1.29 is 8.78 Å². The lowest BCUT2D eigenvalue weighted by molar-refractivity contribution is 0.0636. The van der Waals surface area contributed by atoms with Gasteiger partial charge >= 0.3 is 6.55 Å². The van der Waals surface area contributed by atoms with Gasteiger partial charge in [0.1, 0.15) is 5.82 Å². The summed E-state index contributed by atoms with van der Waals surface area (Å²) in [6.07, 6.45) is 4.47. The number of hydrogen-bond acceptors (Lipinski definition) is 4. The highest BCUT2D eigenvalue weighted by molar-refractivity contribution is 7.71. The van der Waals surface area contributed by atoms with E-state index in [2.05, 4.69) is 10.1 Å². The van der Waals surface area contributed by atoms with Crippen LogP contribution in [-0.2, 0) is 13.2 Å². The number of rotatable bonds is 5. The Morgan fingerprint density at radius 3 is 2.86 bits per heavy atom. The molecule has 0 atom stereocenters. The first-order chi connectivity index (χ1) is 10.6. The number of pyridine rings is 1. The van der Waals surface area contributed by atoms with Gasteiger partial charge in [0.05, 0.1) is 13.2 Å². The zero-order valence-electron chi connectivity index (χ0n) is 11.8. The summed E-state index contributed by atoms with van der Waals surface area (Å²) in [4.78, 5) is 5.79. The van der Waals surface area contributed by atoms with Crippen molar-refractivity contribution in [2.75, 3.05) is 7.05 Å². The lowest BCUT2D eigenvalue weighted by atomic mass is 10.5. The van der Waals surface area contributed by atoms with Gasteiger partial charge in [0, 0.05) is 18.6 Å². The van der Waals surface area contributed by atoms with Crippen LogP contribution in [0.4, 0.5) is 8.78 Å². The van der Waals surface area contributed by atoms with Crippen molar-refractivity contribution in [2.24, 2.45) is 0 Å². The highest BCUT2D eigenvalue weighted by atomic mass is 32.1. The molecule has 0 aliphatic rings. The minimum Gasteiger partial charge on any atom is -0.280 e. The molecule has 3 aromatic rings. The second-order valence-corrected chi connectivity index (χ2v) is 5.26. The van der Waals surface area contributed by atoms with Crippen molar-refractivity contribution in [1.82, 2.24) is 28.6 Å². The molecular formula is C13H14F2N6S. The van der Waals surface area contributed by atoms with E-state index >= 15 is 0 Å². The van der Waals surface area contributed by atoms with Gasteiger partial charge in [0.2, 0.25) is 4.77 Å². The molecule has 0 unspecified atom stereocenters. The van der Waals surface area contributed by atoms with Crippen LogP contribution in [0.1, 0.15) is 12.4 Å². The fourth-order valence-corrected chi connectivity index (χ4v) is 2.48. The summed E-state index contributed by atoms with van der Waals surface area (Å²) >= 11 is 5.36. The van der Waals surface area contributed by atoms with Crippen LogP contribution in [0.3, 0.4) is 0 Å². The van der Waals surface area contributed by atoms with E-state index in [0.29, 0.717) is 17.3 Å². The van der Waals surface area contributed by atoms with Crippen molar-refractivity contribution in [3.63, 3.8) is 0 Å². The fourth-order valence-electron chi connectivity index (χ4n) is 2.22. The lowest BCUT2D eigenvalue weighted by Crippen LogP contribution is -2.24. The maximum atomic E-state index is 12.8. The van der Waals surface area contributed by atoms with Gasteiger partial charge in [-0.1, -0.05) is 6.07 Å². The molecule has 0 saturated heterocycles. The quantitative estimate of drug-likeness (QED) is 0.677. The number of alkyl halides is 2. The number of imidazole rings is 1. The number of halogens is 2. The van der Waals surface area contributed by atoms with Gasteiger partial charge in [-0.25, -0.2) is 9.67 Å². The van der Waals surface area contributed by atoms with Gasteiger partial charge in [0.15, 0.2) is 5.65 Å². The molecule has 9 heteroatoms. The molecule has 0 saturated carbocycles. The molecule has 6 nitrogen and oxygen atoms in total. The highest BCUT2D eigenvalue weighted by Gasteiger charge is 2.14. The zero-order chi connectivity index (χ0) is 15.7. The van der Waals surface area contributed by atoms with Gasteiger partial charge in [0.25, 0.3) is 0 Å². The predicted octanol–water partition coefficient (Wildman–Crippen LogP) is 2.55. The third-order valence-corrected chi connectivity index (χ3v) is 3.64. The normalized spacial score (nSPS) is 11.9. The summed E-state index contributed by atoms with van der Waals surface area (Å²) < 4.78 is 30.5. The molecule has 3 rings (SSSR count). The van der Waals surface area contributed by atoms with Crippen LogP contribution in [-0.4, -0.2) is 35.7 Å². The number of aromatic nitrogens is 5. The molecule has 0 aliphatic heterocycles. The monoisotopic (exact) mass is 324 g/mol. The van der Waals surface area contributed by atoms with Crippen molar-refractivity contribution in [2.45, 2.75) is 19.8 Å². The predicted molar refractivity (Wildman–Crippen MR) is 79.0 cm³/mol. The molecule has 0 radical (unpaired) electrons. The zero-order valence-corrected chi connectivity index (χ0v) is 12.6. The molecule has 0 aliphatic carbocycles. The first-order valence-corrected chi connectivity index (χ1v) is 6.99. The fraction of sp³-hybridized carbons (Fsp3) is 0.308. The van der Waals surface area contributed by atoms with Crippen molar-refractivity contribution in [3.8, 4) is 0 Å². The molecule has 3 aromatic heterocycles.